The van der Waals surface area contributed by atoms with Gasteiger partial charge in [-0.3, -0.25) is 0 Å². The van der Waals surface area contributed by atoms with Crippen molar-refractivity contribution in [2.75, 3.05) is 32.9 Å². The van der Waals surface area contributed by atoms with Crippen LogP contribution in [0.1, 0.15) is 6.92 Å². The molecule has 1 fully saturated rings. The Morgan fingerprint density at radius 2 is 2.11 bits per heavy atom. The predicted molar refractivity (Wildman–Crippen MR) is 62.0 cm³/mol. The number of hydrogen-bond acceptors (Lipinski definition) is 6. The monoisotopic (exact) mass is 269 g/mol. The average molecular weight is 269 g/mol. The van der Waals surface area contributed by atoms with Gasteiger partial charge >= 0.3 is 5.97 Å². The minimum absolute atomic E-state index is 0.278. The summed E-state index contributed by atoms with van der Waals surface area (Å²) < 4.78 is 10.0. The van der Waals surface area contributed by atoms with Crippen LogP contribution < -0.4 is 0 Å². The summed E-state index contributed by atoms with van der Waals surface area (Å²) in [7, 11) is 0. The quantitative estimate of drug-likeness (QED) is 0.339. The summed E-state index contributed by atoms with van der Waals surface area (Å²) in [6.07, 6.45) is 1.23. The van der Waals surface area contributed by atoms with Crippen molar-refractivity contribution >= 4 is 5.97 Å². The van der Waals surface area contributed by atoms with E-state index in [0.717, 1.165) is 0 Å². The van der Waals surface area contributed by atoms with Crippen molar-refractivity contribution < 1.29 is 14.3 Å². The van der Waals surface area contributed by atoms with Crippen LogP contribution in [0.5, 0.6) is 0 Å². The van der Waals surface area contributed by atoms with Crippen LogP contribution in [-0.4, -0.2) is 43.8 Å². The van der Waals surface area contributed by atoms with Crippen LogP contribution >= 0.6 is 0 Å². The highest BCUT2D eigenvalue weighted by Crippen LogP contribution is 2.10. The first-order chi connectivity index (χ1) is 9.27. The molecule has 0 aromatic heterocycles. The lowest BCUT2D eigenvalue weighted by Gasteiger charge is -2.27. The number of carbonyl (C=O) groups is 1. The highest BCUT2D eigenvalue weighted by molar-refractivity contribution is 5.82. The van der Waals surface area contributed by atoms with Gasteiger partial charge in [0.05, 0.1) is 25.9 Å². The number of ether oxygens (including phenoxy) is 2. The Morgan fingerprint density at radius 3 is 2.74 bits per heavy atom. The molecule has 0 aromatic carbocycles. The summed E-state index contributed by atoms with van der Waals surface area (Å²) in [5.41, 5.74) is 6.40. The highest BCUT2D eigenvalue weighted by atomic mass is 16.5. The largest absolute Gasteiger partial charge is 0.463 e. The van der Waals surface area contributed by atoms with Crippen molar-refractivity contribution in [2.45, 2.75) is 6.92 Å². The van der Waals surface area contributed by atoms with Crippen molar-refractivity contribution in [3.8, 4) is 0 Å². The van der Waals surface area contributed by atoms with Crippen LogP contribution in [0.15, 0.2) is 37.9 Å². The second-order valence-corrected chi connectivity index (χ2v) is 3.32. The molecule has 1 N–H and O–H groups in total. The molecular weight excluding hydrogens is 254 g/mol. The molecule has 10 nitrogen and oxygen atoms in total. The lowest BCUT2D eigenvalue weighted by molar-refractivity contribution is -0.137. The zero-order valence-corrected chi connectivity index (χ0v) is 10.5. The van der Waals surface area contributed by atoms with Gasteiger partial charge in [-0.05, 0) is 27.8 Å². The van der Waals surface area contributed by atoms with Gasteiger partial charge in [-0.2, -0.15) is 5.53 Å². The summed E-state index contributed by atoms with van der Waals surface area (Å²) in [4.78, 5) is 13.2. The summed E-state index contributed by atoms with van der Waals surface area (Å²) in [5.74, 6) is -0.198. The van der Waals surface area contributed by atoms with Crippen LogP contribution in [-0.2, 0) is 14.3 Å². The number of nitrogens with one attached hydrogen (secondary N) is 1. The second-order valence-electron chi connectivity index (χ2n) is 3.32. The Hall–Kier alpha value is -2.23. The highest BCUT2D eigenvalue weighted by Gasteiger charge is 2.15. The van der Waals surface area contributed by atoms with Crippen LogP contribution in [0, 0.1) is 5.53 Å². The first-order valence-electron chi connectivity index (χ1n) is 5.66. The van der Waals surface area contributed by atoms with E-state index in [0.29, 0.717) is 32.1 Å². The van der Waals surface area contributed by atoms with Gasteiger partial charge in [0.1, 0.15) is 0 Å². The van der Waals surface area contributed by atoms with Gasteiger partial charge in [0.2, 0.25) is 0 Å². The average Bonchev–Trinajstić information content (AvgIpc) is 2.43. The van der Waals surface area contributed by atoms with Crippen molar-refractivity contribution in [3.63, 3.8) is 0 Å². The van der Waals surface area contributed by atoms with Crippen molar-refractivity contribution in [3.05, 3.63) is 11.9 Å². The summed E-state index contributed by atoms with van der Waals surface area (Å²) in [6, 6.07) is 0. The van der Waals surface area contributed by atoms with Crippen molar-refractivity contribution in [2.24, 2.45) is 26.0 Å². The Kier molecular flexibility index (Phi) is 6.87. The van der Waals surface area contributed by atoms with Gasteiger partial charge in [0.15, 0.2) is 5.82 Å². The Labute approximate surface area is 109 Å². The molecule has 0 aromatic rings. The van der Waals surface area contributed by atoms with E-state index in [9.17, 15) is 4.79 Å². The molecular formula is C9H15N7O3. The molecule has 1 rings (SSSR count). The summed E-state index contributed by atoms with van der Waals surface area (Å²) in [6.45, 7) is 4.25. The standard InChI is InChI=1S/C9H15N7O3/c1-2-19-9(17)7-8(11-13-15-14-12-10)16-3-5-18-6-4-16/h7,10H,2-6H2,1H3/b8-7+,12-10?,13-11?,15-14?. The lowest BCUT2D eigenvalue weighted by Crippen LogP contribution is -2.35. The Morgan fingerprint density at radius 1 is 1.37 bits per heavy atom. The van der Waals surface area contributed by atoms with Crippen molar-refractivity contribution in [1.82, 2.24) is 4.90 Å². The van der Waals surface area contributed by atoms with E-state index in [4.69, 9.17) is 15.0 Å². The van der Waals surface area contributed by atoms with Crippen LogP contribution in [0.3, 0.4) is 0 Å². The molecule has 1 saturated heterocycles. The number of carbonyl (C=O) groups excluding carboxylic acids is 1. The maximum Gasteiger partial charge on any atom is 0.334 e. The fourth-order valence-corrected chi connectivity index (χ4v) is 1.37. The molecule has 0 aliphatic carbocycles. The van der Waals surface area contributed by atoms with Crippen LogP contribution in [0.25, 0.3) is 0 Å². The van der Waals surface area contributed by atoms with Gasteiger partial charge in [-0.15, -0.1) is 5.11 Å². The lowest BCUT2D eigenvalue weighted by atomic mass is 10.4. The Balaban J connectivity index is 2.76. The number of hydrogen-bond donors (Lipinski definition) is 1. The molecule has 0 bridgehead atoms. The maximum atomic E-state index is 11.4. The van der Waals surface area contributed by atoms with Gasteiger partial charge in [0, 0.05) is 13.1 Å². The van der Waals surface area contributed by atoms with E-state index >= 15 is 0 Å². The van der Waals surface area contributed by atoms with E-state index in [2.05, 4.69) is 26.0 Å². The van der Waals surface area contributed by atoms with Gasteiger partial charge in [-0.25, -0.2) is 4.79 Å². The molecule has 1 heterocycles. The normalized spacial score (nSPS) is 17.1. The summed E-state index contributed by atoms with van der Waals surface area (Å²) in [5, 5.41) is 15.9. The van der Waals surface area contributed by atoms with Crippen molar-refractivity contribution in [1.29, 1.82) is 5.53 Å². The van der Waals surface area contributed by atoms with E-state index in [-0.39, 0.29) is 6.61 Å². The molecule has 0 atom stereocenters. The first-order valence-corrected chi connectivity index (χ1v) is 5.66. The molecule has 0 spiro atoms. The van der Waals surface area contributed by atoms with E-state index in [1.54, 1.807) is 6.92 Å². The minimum atomic E-state index is -0.509. The van der Waals surface area contributed by atoms with Gasteiger partial charge in [-0.1, -0.05) is 0 Å². The fraction of sp³-hybridized carbons (Fsp3) is 0.667. The molecule has 0 amide bonds. The molecule has 0 saturated carbocycles. The third kappa shape index (κ3) is 5.77. The molecule has 104 valence electrons. The molecule has 1 aliphatic rings. The first kappa shape index (κ1) is 14.8. The zero-order chi connectivity index (χ0) is 13.9. The second kappa shape index (κ2) is 8.80. The van der Waals surface area contributed by atoms with E-state index in [1.165, 1.54) is 6.08 Å². The summed E-state index contributed by atoms with van der Waals surface area (Å²) >= 11 is 0. The van der Waals surface area contributed by atoms with Gasteiger partial charge < -0.3 is 14.4 Å². The predicted octanol–water partition coefficient (Wildman–Crippen LogP) is 1.49. The molecule has 19 heavy (non-hydrogen) atoms. The third-order valence-corrected chi connectivity index (χ3v) is 2.14. The number of rotatable bonds is 6. The molecule has 1 aliphatic heterocycles. The van der Waals surface area contributed by atoms with Gasteiger partial charge in [0.25, 0.3) is 0 Å². The Bertz CT molecular complexity index is 387. The number of morpholine rings is 1. The topological polar surface area (TPSA) is 124 Å². The fourth-order valence-electron chi connectivity index (χ4n) is 1.37. The SMILES string of the molecule is CCOC(=O)/C=C(\N=NN=NN=N)N1CCOCC1. The molecule has 0 radical (unpaired) electrons. The zero-order valence-electron chi connectivity index (χ0n) is 10.5. The number of nitrogens with zero attached hydrogens (tertiary/aromatic N) is 6. The maximum absolute atomic E-state index is 11.4. The van der Waals surface area contributed by atoms with E-state index < -0.39 is 5.97 Å². The molecule has 0 unspecified atom stereocenters. The third-order valence-electron chi connectivity index (χ3n) is 2.14. The van der Waals surface area contributed by atoms with Crippen LogP contribution in [0.2, 0.25) is 0 Å². The minimum Gasteiger partial charge on any atom is -0.463 e. The smallest absolute Gasteiger partial charge is 0.334 e. The molecule has 10 heteroatoms. The van der Waals surface area contributed by atoms with E-state index in [1.807, 2.05) is 4.90 Å². The number of esters is 1. The van der Waals surface area contributed by atoms with Crippen LogP contribution in [0.4, 0.5) is 0 Å².